The summed E-state index contributed by atoms with van der Waals surface area (Å²) in [6.45, 7) is 0. The Bertz CT molecular complexity index is 554. The van der Waals surface area contributed by atoms with E-state index in [0.29, 0.717) is 11.3 Å². The number of benzene rings is 2. The summed E-state index contributed by atoms with van der Waals surface area (Å²) in [5.74, 6) is -0.281. The lowest BCUT2D eigenvalue weighted by atomic mass is 10.1. The van der Waals surface area contributed by atoms with E-state index in [1.54, 1.807) is 19.2 Å². The molecule has 0 aliphatic rings. The Morgan fingerprint density at radius 3 is 2.37 bits per heavy atom. The molecule has 0 aromatic heterocycles. The number of aliphatic carboxylic acids is 1. The molecule has 0 bridgehead atoms. The van der Waals surface area contributed by atoms with Gasteiger partial charge in [0.2, 0.25) is 0 Å². The molecular formula is C15H14O3S. The molecule has 1 N–H and O–H groups in total. The van der Waals surface area contributed by atoms with Crippen LogP contribution < -0.4 is 4.74 Å². The number of methoxy groups -OCH3 is 1. The molecule has 0 aliphatic heterocycles. The van der Waals surface area contributed by atoms with E-state index in [0.717, 1.165) is 4.90 Å². The van der Waals surface area contributed by atoms with Gasteiger partial charge in [-0.25, -0.2) is 0 Å². The van der Waals surface area contributed by atoms with Gasteiger partial charge < -0.3 is 9.84 Å². The summed E-state index contributed by atoms with van der Waals surface area (Å²) in [6, 6.07) is 16.7. The van der Waals surface area contributed by atoms with Crippen LogP contribution in [0.2, 0.25) is 0 Å². The number of thioether (sulfide) groups is 1. The Morgan fingerprint density at radius 2 is 1.74 bits per heavy atom. The molecule has 0 aliphatic carbocycles. The summed E-state index contributed by atoms with van der Waals surface area (Å²) >= 11 is 1.30. The zero-order chi connectivity index (χ0) is 13.7. The molecule has 4 heteroatoms. The maximum absolute atomic E-state index is 11.5. The largest absolute Gasteiger partial charge is 0.496 e. The first kappa shape index (κ1) is 13.5. The van der Waals surface area contributed by atoms with Crippen molar-refractivity contribution < 1.29 is 14.6 Å². The SMILES string of the molecule is COc1ccccc1C(Sc1ccccc1)C(=O)O. The Kier molecular flexibility index (Phi) is 4.47. The van der Waals surface area contributed by atoms with Crippen molar-refractivity contribution in [3.8, 4) is 5.75 Å². The number of carboxylic acid groups (broad SMARTS) is 1. The van der Waals surface area contributed by atoms with Gasteiger partial charge in [-0.2, -0.15) is 0 Å². The van der Waals surface area contributed by atoms with Crippen molar-refractivity contribution in [2.75, 3.05) is 7.11 Å². The summed E-state index contributed by atoms with van der Waals surface area (Å²) in [6.07, 6.45) is 0. The van der Waals surface area contributed by atoms with E-state index in [1.165, 1.54) is 11.8 Å². The third-order valence-electron chi connectivity index (χ3n) is 2.64. The van der Waals surface area contributed by atoms with E-state index >= 15 is 0 Å². The average molecular weight is 274 g/mol. The average Bonchev–Trinajstić information content (AvgIpc) is 2.45. The van der Waals surface area contributed by atoms with Crippen molar-refractivity contribution >= 4 is 17.7 Å². The molecule has 0 saturated carbocycles. The van der Waals surface area contributed by atoms with E-state index < -0.39 is 11.2 Å². The molecular weight excluding hydrogens is 260 g/mol. The number of ether oxygens (including phenoxy) is 1. The molecule has 0 fully saturated rings. The van der Waals surface area contributed by atoms with Gasteiger partial charge >= 0.3 is 5.97 Å². The minimum atomic E-state index is -0.877. The lowest BCUT2D eigenvalue weighted by molar-refractivity contribution is -0.136. The van der Waals surface area contributed by atoms with Crippen LogP contribution in [0.4, 0.5) is 0 Å². The summed E-state index contributed by atoms with van der Waals surface area (Å²) in [4.78, 5) is 12.4. The predicted octanol–water partition coefficient (Wildman–Crippen LogP) is 3.61. The van der Waals surface area contributed by atoms with Crippen LogP contribution in [0.5, 0.6) is 5.75 Å². The highest BCUT2D eigenvalue weighted by Crippen LogP contribution is 2.39. The van der Waals surface area contributed by atoms with Crippen molar-refractivity contribution in [3.63, 3.8) is 0 Å². The third kappa shape index (κ3) is 3.29. The molecule has 0 spiro atoms. The number of hydrogen-bond donors (Lipinski definition) is 1. The molecule has 0 radical (unpaired) electrons. The number of para-hydroxylation sites is 1. The van der Waals surface area contributed by atoms with E-state index in [-0.39, 0.29) is 0 Å². The molecule has 98 valence electrons. The molecule has 3 nitrogen and oxygen atoms in total. The Hall–Kier alpha value is -1.94. The predicted molar refractivity (Wildman–Crippen MR) is 75.7 cm³/mol. The fourth-order valence-electron chi connectivity index (χ4n) is 1.77. The molecule has 0 amide bonds. The molecule has 0 heterocycles. The standard InChI is InChI=1S/C15H14O3S/c1-18-13-10-6-5-9-12(13)14(15(16)17)19-11-7-3-2-4-8-11/h2-10,14H,1H3,(H,16,17). The lowest BCUT2D eigenvalue weighted by Gasteiger charge is -2.15. The van der Waals surface area contributed by atoms with Crippen molar-refractivity contribution in [2.45, 2.75) is 10.1 Å². The van der Waals surface area contributed by atoms with E-state index in [1.807, 2.05) is 42.5 Å². The van der Waals surface area contributed by atoms with Crippen molar-refractivity contribution in [1.82, 2.24) is 0 Å². The molecule has 1 unspecified atom stereocenters. The van der Waals surface area contributed by atoms with Crippen LogP contribution in [0.3, 0.4) is 0 Å². The summed E-state index contributed by atoms with van der Waals surface area (Å²) in [5, 5.41) is 8.75. The maximum Gasteiger partial charge on any atom is 0.321 e. The first-order valence-corrected chi connectivity index (χ1v) is 6.67. The highest BCUT2D eigenvalue weighted by Gasteiger charge is 2.24. The lowest BCUT2D eigenvalue weighted by Crippen LogP contribution is -2.09. The fourth-order valence-corrected chi connectivity index (χ4v) is 2.77. The first-order chi connectivity index (χ1) is 9.22. The molecule has 2 aromatic carbocycles. The Labute approximate surface area is 116 Å². The van der Waals surface area contributed by atoms with E-state index in [4.69, 9.17) is 4.74 Å². The highest BCUT2D eigenvalue weighted by molar-refractivity contribution is 8.00. The second-order valence-electron chi connectivity index (χ2n) is 3.89. The van der Waals surface area contributed by atoms with Crippen LogP contribution in [0.15, 0.2) is 59.5 Å². The van der Waals surface area contributed by atoms with Gasteiger partial charge in [-0.05, 0) is 18.2 Å². The summed E-state index contributed by atoms with van der Waals surface area (Å²) in [7, 11) is 1.55. The van der Waals surface area contributed by atoms with Gasteiger partial charge in [-0.3, -0.25) is 4.79 Å². The van der Waals surface area contributed by atoms with E-state index in [9.17, 15) is 9.90 Å². The van der Waals surface area contributed by atoms with Crippen LogP contribution in [-0.2, 0) is 4.79 Å². The number of carboxylic acids is 1. The van der Waals surface area contributed by atoms with Gasteiger partial charge in [0.15, 0.2) is 0 Å². The first-order valence-electron chi connectivity index (χ1n) is 5.80. The maximum atomic E-state index is 11.5. The van der Waals surface area contributed by atoms with Gasteiger partial charge in [-0.15, -0.1) is 11.8 Å². The van der Waals surface area contributed by atoms with Gasteiger partial charge in [0, 0.05) is 10.5 Å². The molecule has 2 rings (SSSR count). The molecule has 19 heavy (non-hydrogen) atoms. The smallest absolute Gasteiger partial charge is 0.321 e. The third-order valence-corrected chi connectivity index (χ3v) is 3.88. The van der Waals surface area contributed by atoms with Crippen LogP contribution >= 0.6 is 11.8 Å². The zero-order valence-corrected chi connectivity index (χ0v) is 11.3. The summed E-state index contributed by atoms with van der Waals surface area (Å²) < 4.78 is 5.24. The molecule has 2 aromatic rings. The van der Waals surface area contributed by atoms with Crippen molar-refractivity contribution in [1.29, 1.82) is 0 Å². The van der Waals surface area contributed by atoms with Crippen LogP contribution in [-0.4, -0.2) is 18.2 Å². The second kappa shape index (κ2) is 6.29. The quantitative estimate of drug-likeness (QED) is 0.846. The number of hydrogen-bond acceptors (Lipinski definition) is 3. The topological polar surface area (TPSA) is 46.5 Å². The second-order valence-corrected chi connectivity index (χ2v) is 5.07. The van der Waals surface area contributed by atoms with E-state index in [2.05, 4.69) is 0 Å². The number of carbonyl (C=O) groups is 1. The highest BCUT2D eigenvalue weighted by atomic mass is 32.2. The van der Waals surface area contributed by atoms with Crippen molar-refractivity contribution in [3.05, 3.63) is 60.2 Å². The van der Waals surface area contributed by atoms with Crippen molar-refractivity contribution in [2.24, 2.45) is 0 Å². The van der Waals surface area contributed by atoms with Crippen LogP contribution in [0.25, 0.3) is 0 Å². The Morgan fingerprint density at radius 1 is 1.11 bits per heavy atom. The summed E-state index contributed by atoms with van der Waals surface area (Å²) in [5.41, 5.74) is 0.673. The zero-order valence-electron chi connectivity index (χ0n) is 10.4. The van der Waals surface area contributed by atoms with Crippen LogP contribution in [0, 0.1) is 0 Å². The Balaban J connectivity index is 2.33. The fraction of sp³-hybridized carbons (Fsp3) is 0.133. The normalized spacial score (nSPS) is 11.8. The molecule has 1 atom stereocenters. The minimum absolute atomic E-state index is 0.596. The minimum Gasteiger partial charge on any atom is -0.496 e. The van der Waals surface area contributed by atoms with Gasteiger partial charge in [-0.1, -0.05) is 36.4 Å². The van der Waals surface area contributed by atoms with Gasteiger partial charge in [0.25, 0.3) is 0 Å². The van der Waals surface area contributed by atoms with Gasteiger partial charge in [0.05, 0.1) is 7.11 Å². The van der Waals surface area contributed by atoms with Crippen LogP contribution in [0.1, 0.15) is 10.8 Å². The number of rotatable bonds is 5. The van der Waals surface area contributed by atoms with Gasteiger partial charge in [0.1, 0.15) is 11.0 Å². The monoisotopic (exact) mass is 274 g/mol. The molecule has 0 saturated heterocycles.